The fraction of sp³-hybridized carbons (Fsp3) is 0.286. The van der Waals surface area contributed by atoms with Gasteiger partial charge < -0.3 is 4.98 Å². The van der Waals surface area contributed by atoms with Gasteiger partial charge in [0.2, 0.25) is 5.95 Å². The molecule has 0 saturated carbocycles. The van der Waals surface area contributed by atoms with Crippen LogP contribution in [0.4, 0.5) is 4.39 Å². The van der Waals surface area contributed by atoms with Crippen LogP contribution in [0.5, 0.6) is 0 Å². The van der Waals surface area contributed by atoms with Gasteiger partial charge in [-0.15, -0.1) is 0 Å². The van der Waals surface area contributed by atoms with Crippen LogP contribution in [0.25, 0.3) is 11.2 Å². The van der Waals surface area contributed by atoms with E-state index in [0.717, 1.165) is 11.3 Å². The largest absolute Gasteiger partial charge is 0.329 e. The Balaban J connectivity index is 1.74. The van der Waals surface area contributed by atoms with Gasteiger partial charge in [-0.3, -0.25) is 9.13 Å². The number of fused-ring (bicyclic) bond motifs is 1. The van der Waals surface area contributed by atoms with Crippen LogP contribution in [-0.4, -0.2) is 24.1 Å². The molecule has 0 aliphatic rings. The summed E-state index contributed by atoms with van der Waals surface area (Å²) in [5.41, 5.74) is 1.98. The lowest BCUT2D eigenvalue weighted by molar-refractivity contribution is 0.370. The molecule has 0 spiro atoms. The number of halogens is 3. The molecule has 0 amide bonds. The molecule has 30 heavy (non-hydrogen) atoms. The zero-order valence-electron chi connectivity index (χ0n) is 16.7. The smallest absolute Gasteiger partial charge is 0.325 e. The summed E-state index contributed by atoms with van der Waals surface area (Å²) in [6.07, 6.45) is 2.28. The molecule has 9 heteroatoms. The monoisotopic (exact) mass is 447 g/mol. The van der Waals surface area contributed by atoms with Crippen molar-refractivity contribution >= 4 is 34.4 Å². The van der Waals surface area contributed by atoms with Crippen molar-refractivity contribution in [3.63, 3.8) is 0 Å². The summed E-state index contributed by atoms with van der Waals surface area (Å²) in [6.45, 7) is 6.13. The first-order chi connectivity index (χ1) is 14.1. The fourth-order valence-electron chi connectivity index (χ4n) is 3.52. The van der Waals surface area contributed by atoms with Gasteiger partial charge >= 0.3 is 5.69 Å². The number of hydrogen-bond donors (Lipinski definition) is 1. The molecule has 6 nitrogen and oxygen atoms in total. The molecule has 0 fully saturated rings. The number of nitrogens with zero attached hydrogens (tertiary/aromatic N) is 4. The number of benzene rings is 1. The molecule has 1 aromatic carbocycles. The summed E-state index contributed by atoms with van der Waals surface area (Å²) < 4.78 is 16.7. The lowest BCUT2D eigenvalue weighted by Gasteiger charge is -2.22. The van der Waals surface area contributed by atoms with Crippen molar-refractivity contribution < 1.29 is 4.39 Å². The molecule has 1 N–H and O–H groups in total. The van der Waals surface area contributed by atoms with Crippen LogP contribution in [0.15, 0.2) is 41.3 Å². The molecule has 0 bridgehead atoms. The van der Waals surface area contributed by atoms with E-state index in [2.05, 4.69) is 15.0 Å². The van der Waals surface area contributed by atoms with Gasteiger partial charge in [-0.05, 0) is 50.6 Å². The van der Waals surface area contributed by atoms with E-state index < -0.39 is 11.5 Å². The van der Waals surface area contributed by atoms with Crippen LogP contribution < -0.4 is 5.69 Å². The second kappa shape index (κ2) is 7.56. The lowest BCUT2D eigenvalue weighted by Crippen LogP contribution is -2.36. The van der Waals surface area contributed by atoms with Crippen LogP contribution in [0, 0.1) is 5.95 Å². The first-order valence-corrected chi connectivity index (χ1v) is 10.1. The Kier molecular flexibility index (Phi) is 5.20. The van der Waals surface area contributed by atoms with Crippen molar-refractivity contribution in [2.75, 3.05) is 0 Å². The van der Waals surface area contributed by atoms with Crippen molar-refractivity contribution in [3.05, 3.63) is 80.1 Å². The van der Waals surface area contributed by atoms with Crippen molar-refractivity contribution in [2.45, 2.75) is 39.3 Å². The molecule has 0 aliphatic carbocycles. The van der Waals surface area contributed by atoms with Crippen LogP contribution in [0.2, 0.25) is 10.0 Å². The standard InChI is InChI=1S/C21H20Cl2FN5O/c1-21(2,3)29-14(8-12-4-5-13(22)9-15(12)23)10-28(20(29)30)11-18-25-16-6-7-17(24)26-19(16)27-18/h4-7,9-10H,8,11H2,1-3H3,(H,25,26,27). The van der Waals surface area contributed by atoms with Gasteiger partial charge in [-0.2, -0.15) is 9.37 Å². The number of aromatic nitrogens is 5. The second-order valence-corrected chi connectivity index (χ2v) is 8.98. The van der Waals surface area contributed by atoms with E-state index in [1.165, 1.54) is 6.07 Å². The van der Waals surface area contributed by atoms with Crippen molar-refractivity contribution in [2.24, 2.45) is 0 Å². The van der Waals surface area contributed by atoms with E-state index in [4.69, 9.17) is 23.2 Å². The van der Waals surface area contributed by atoms with Gasteiger partial charge in [0.05, 0.1) is 6.54 Å². The third-order valence-electron chi connectivity index (χ3n) is 4.76. The number of hydrogen-bond acceptors (Lipinski definition) is 3. The van der Waals surface area contributed by atoms with Crippen LogP contribution in [0.1, 0.15) is 37.9 Å². The molecule has 3 heterocycles. The molecule has 0 saturated heterocycles. The quantitative estimate of drug-likeness (QED) is 0.458. The number of imidazole rings is 2. The minimum absolute atomic E-state index is 0.165. The Bertz CT molecular complexity index is 1300. The van der Waals surface area contributed by atoms with Gasteiger partial charge in [0, 0.05) is 33.9 Å². The predicted molar refractivity (Wildman–Crippen MR) is 116 cm³/mol. The van der Waals surface area contributed by atoms with Gasteiger partial charge in [0.25, 0.3) is 0 Å². The summed E-state index contributed by atoms with van der Waals surface area (Å²) in [7, 11) is 0. The van der Waals surface area contributed by atoms with E-state index in [1.807, 2.05) is 26.8 Å². The number of pyridine rings is 1. The van der Waals surface area contributed by atoms with Crippen LogP contribution in [-0.2, 0) is 18.5 Å². The fourth-order valence-corrected chi connectivity index (χ4v) is 3.99. The Morgan fingerprint density at radius 1 is 1.13 bits per heavy atom. The van der Waals surface area contributed by atoms with E-state index in [1.54, 1.807) is 33.5 Å². The van der Waals surface area contributed by atoms with Crippen molar-refractivity contribution in [1.29, 1.82) is 0 Å². The third kappa shape index (κ3) is 4.00. The number of H-pyrrole nitrogens is 1. The van der Waals surface area contributed by atoms with Gasteiger partial charge in [-0.25, -0.2) is 9.78 Å². The average molecular weight is 448 g/mol. The lowest BCUT2D eigenvalue weighted by atomic mass is 10.1. The third-order valence-corrected chi connectivity index (χ3v) is 5.35. The molecule has 156 valence electrons. The first kappa shape index (κ1) is 20.6. The van der Waals surface area contributed by atoms with Gasteiger partial charge in [0.15, 0.2) is 5.65 Å². The molecule has 0 aliphatic heterocycles. The summed E-state index contributed by atoms with van der Waals surface area (Å²) in [5.74, 6) is -0.0665. The van der Waals surface area contributed by atoms with Crippen molar-refractivity contribution in [3.8, 4) is 0 Å². The number of aromatic amines is 1. The van der Waals surface area contributed by atoms with Crippen LogP contribution >= 0.6 is 23.2 Å². The SMILES string of the molecule is CC(C)(C)n1c(Cc2ccc(Cl)cc2Cl)cn(Cc2nc3ccc(F)nc3[nH]2)c1=O. The summed E-state index contributed by atoms with van der Waals surface area (Å²) >= 11 is 12.4. The minimum atomic E-state index is -0.587. The second-order valence-electron chi connectivity index (χ2n) is 8.13. The normalized spacial score (nSPS) is 12.1. The maximum atomic E-state index is 13.4. The molecule has 0 radical (unpaired) electrons. The maximum absolute atomic E-state index is 13.4. The molecule has 4 aromatic rings. The minimum Gasteiger partial charge on any atom is -0.325 e. The molecule has 4 rings (SSSR count). The van der Waals surface area contributed by atoms with E-state index >= 15 is 0 Å². The average Bonchev–Trinajstić information content (AvgIpc) is 3.17. The topological polar surface area (TPSA) is 68.5 Å². The Morgan fingerprint density at radius 2 is 1.90 bits per heavy atom. The zero-order valence-corrected chi connectivity index (χ0v) is 18.2. The highest BCUT2D eigenvalue weighted by Crippen LogP contribution is 2.25. The highest BCUT2D eigenvalue weighted by molar-refractivity contribution is 6.35. The van der Waals surface area contributed by atoms with E-state index in [0.29, 0.717) is 33.5 Å². The number of rotatable bonds is 4. The van der Waals surface area contributed by atoms with Crippen molar-refractivity contribution in [1.82, 2.24) is 24.1 Å². The molecular formula is C21H20Cl2FN5O. The predicted octanol–water partition coefficient (Wildman–Crippen LogP) is 4.76. The van der Waals surface area contributed by atoms with Gasteiger partial charge in [-0.1, -0.05) is 29.3 Å². The van der Waals surface area contributed by atoms with Crippen LogP contribution in [0.3, 0.4) is 0 Å². The highest BCUT2D eigenvalue weighted by Gasteiger charge is 2.23. The van der Waals surface area contributed by atoms with E-state index in [9.17, 15) is 9.18 Å². The zero-order chi connectivity index (χ0) is 21.6. The highest BCUT2D eigenvalue weighted by atomic mass is 35.5. The number of nitrogens with one attached hydrogen (secondary N) is 1. The molecule has 0 unspecified atom stereocenters. The summed E-state index contributed by atoms with van der Waals surface area (Å²) in [6, 6.07) is 8.13. The molecule has 0 atom stereocenters. The van der Waals surface area contributed by atoms with E-state index in [-0.39, 0.29) is 12.2 Å². The Labute approximate surface area is 182 Å². The summed E-state index contributed by atoms with van der Waals surface area (Å²) in [5, 5.41) is 1.11. The Hall–Kier alpha value is -2.64. The maximum Gasteiger partial charge on any atom is 0.329 e. The molecular weight excluding hydrogens is 428 g/mol. The summed E-state index contributed by atoms with van der Waals surface area (Å²) in [4.78, 5) is 24.4. The first-order valence-electron chi connectivity index (χ1n) is 9.38. The van der Waals surface area contributed by atoms with Gasteiger partial charge in [0.1, 0.15) is 11.3 Å². The Morgan fingerprint density at radius 3 is 2.60 bits per heavy atom. The molecule has 3 aromatic heterocycles.